The van der Waals surface area contributed by atoms with Gasteiger partial charge in [-0.2, -0.15) is 0 Å². The van der Waals surface area contributed by atoms with Crippen molar-refractivity contribution in [3.05, 3.63) is 29.8 Å². The van der Waals surface area contributed by atoms with Gasteiger partial charge >= 0.3 is 0 Å². The van der Waals surface area contributed by atoms with Crippen LogP contribution in [-0.2, 0) is 16.4 Å². The molecular formula is C15H24N2O2S. The van der Waals surface area contributed by atoms with Crippen LogP contribution in [0.3, 0.4) is 0 Å². The molecule has 3 N–H and O–H groups in total. The van der Waals surface area contributed by atoms with Crippen molar-refractivity contribution in [2.75, 3.05) is 6.54 Å². The zero-order chi connectivity index (χ0) is 14.6. The van der Waals surface area contributed by atoms with Gasteiger partial charge in [-0.25, -0.2) is 13.6 Å². The minimum absolute atomic E-state index is 0.176. The highest BCUT2D eigenvalue weighted by atomic mass is 32.2. The van der Waals surface area contributed by atoms with Crippen LogP contribution >= 0.6 is 0 Å². The summed E-state index contributed by atoms with van der Waals surface area (Å²) in [5, 5.41) is 8.68. The molecule has 4 nitrogen and oxygen atoms in total. The van der Waals surface area contributed by atoms with Crippen LogP contribution in [0.2, 0.25) is 0 Å². The summed E-state index contributed by atoms with van der Waals surface area (Å²) in [6.45, 7) is 3.26. The Kier molecular flexibility index (Phi) is 5.18. The summed E-state index contributed by atoms with van der Waals surface area (Å²) in [5.41, 5.74) is 1.13. The molecule has 0 aromatic heterocycles. The zero-order valence-corrected chi connectivity index (χ0v) is 12.8. The smallest absolute Gasteiger partial charge is 0.238 e. The molecule has 1 saturated carbocycles. The average Bonchev–Trinajstić information content (AvgIpc) is 2.38. The summed E-state index contributed by atoms with van der Waals surface area (Å²) in [4.78, 5) is 0.176. The fourth-order valence-electron chi connectivity index (χ4n) is 2.89. The Balaban J connectivity index is 1.79. The Bertz CT molecular complexity index is 525. The summed E-state index contributed by atoms with van der Waals surface area (Å²) >= 11 is 0. The van der Waals surface area contributed by atoms with Gasteiger partial charge < -0.3 is 5.32 Å². The summed E-state index contributed by atoms with van der Waals surface area (Å²) < 4.78 is 22.3. The fourth-order valence-corrected chi connectivity index (χ4v) is 3.40. The second-order valence-corrected chi connectivity index (χ2v) is 7.42. The van der Waals surface area contributed by atoms with Gasteiger partial charge in [-0.05, 0) is 49.4 Å². The van der Waals surface area contributed by atoms with E-state index in [0.717, 1.165) is 24.4 Å². The topological polar surface area (TPSA) is 72.2 Å². The van der Waals surface area contributed by atoms with Gasteiger partial charge in [-0.15, -0.1) is 0 Å². The van der Waals surface area contributed by atoms with Crippen LogP contribution in [0.5, 0.6) is 0 Å². The van der Waals surface area contributed by atoms with Crippen molar-refractivity contribution in [1.29, 1.82) is 0 Å². The van der Waals surface area contributed by atoms with E-state index in [1.165, 1.54) is 25.7 Å². The van der Waals surface area contributed by atoms with E-state index in [-0.39, 0.29) is 4.90 Å². The maximum Gasteiger partial charge on any atom is 0.238 e. The van der Waals surface area contributed by atoms with Gasteiger partial charge in [0.2, 0.25) is 10.0 Å². The lowest BCUT2D eigenvalue weighted by Crippen LogP contribution is -2.34. The van der Waals surface area contributed by atoms with E-state index >= 15 is 0 Å². The third kappa shape index (κ3) is 4.58. The first kappa shape index (κ1) is 15.5. The minimum atomic E-state index is -3.58. The molecule has 1 aliphatic rings. The van der Waals surface area contributed by atoms with Gasteiger partial charge in [-0.3, -0.25) is 0 Å². The molecule has 0 radical (unpaired) electrons. The molecule has 1 aromatic carbocycles. The van der Waals surface area contributed by atoms with E-state index in [4.69, 9.17) is 5.14 Å². The van der Waals surface area contributed by atoms with Gasteiger partial charge in [0.15, 0.2) is 0 Å². The van der Waals surface area contributed by atoms with Crippen molar-refractivity contribution in [2.24, 2.45) is 11.1 Å². The lowest BCUT2D eigenvalue weighted by molar-refractivity contribution is 0.303. The van der Waals surface area contributed by atoms with Crippen molar-refractivity contribution in [1.82, 2.24) is 5.32 Å². The summed E-state index contributed by atoms with van der Waals surface area (Å²) in [7, 11) is -3.58. The molecule has 0 saturated heterocycles. The first-order valence-electron chi connectivity index (χ1n) is 7.30. The van der Waals surface area contributed by atoms with E-state index in [9.17, 15) is 8.42 Å². The standard InChI is InChI=1S/C15H24N2O2S/c1-12-3-2-4-14(11-12)17-10-9-13-5-7-15(8-6-13)20(16,18)19/h5-8,12,14,17H,2-4,9-11H2,1H3,(H2,16,18,19). The van der Waals surface area contributed by atoms with Crippen molar-refractivity contribution < 1.29 is 8.42 Å². The third-order valence-electron chi connectivity index (χ3n) is 4.03. The second-order valence-electron chi connectivity index (χ2n) is 5.86. The number of hydrogen-bond acceptors (Lipinski definition) is 3. The Hall–Kier alpha value is -0.910. The first-order valence-corrected chi connectivity index (χ1v) is 8.85. The van der Waals surface area contributed by atoms with Crippen molar-refractivity contribution >= 4 is 10.0 Å². The lowest BCUT2D eigenvalue weighted by Gasteiger charge is -2.27. The number of primary sulfonamides is 1. The number of sulfonamides is 1. The zero-order valence-electron chi connectivity index (χ0n) is 12.0. The molecule has 2 atom stereocenters. The van der Waals surface area contributed by atoms with Crippen LogP contribution in [0.4, 0.5) is 0 Å². The fraction of sp³-hybridized carbons (Fsp3) is 0.600. The summed E-state index contributed by atoms with van der Waals surface area (Å²) in [5.74, 6) is 0.829. The maximum atomic E-state index is 11.2. The Morgan fingerprint density at radius 2 is 1.95 bits per heavy atom. The first-order chi connectivity index (χ1) is 9.45. The second kappa shape index (κ2) is 6.70. The summed E-state index contributed by atoms with van der Waals surface area (Å²) in [6, 6.07) is 7.47. The van der Waals surface area contributed by atoms with Gasteiger partial charge in [0, 0.05) is 6.04 Å². The van der Waals surface area contributed by atoms with E-state index in [1.54, 1.807) is 12.1 Å². The van der Waals surface area contributed by atoms with Crippen LogP contribution in [0.15, 0.2) is 29.2 Å². The molecule has 112 valence electrons. The molecule has 2 unspecified atom stereocenters. The van der Waals surface area contributed by atoms with E-state index in [0.29, 0.717) is 6.04 Å². The highest BCUT2D eigenvalue weighted by Gasteiger charge is 2.17. The molecular weight excluding hydrogens is 272 g/mol. The highest BCUT2D eigenvalue weighted by Crippen LogP contribution is 2.23. The van der Waals surface area contributed by atoms with Crippen molar-refractivity contribution in [3.63, 3.8) is 0 Å². The maximum absolute atomic E-state index is 11.2. The number of benzene rings is 1. The van der Waals surface area contributed by atoms with Crippen LogP contribution in [-0.4, -0.2) is 21.0 Å². The van der Waals surface area contributed by atoms with Crippen LogP contribution < -0.4 is 10.5 Å². The molecule has 0 amide bonds. The minimum Gasteiger partial charge on any atom is -0.314 e. The lowest BCUT2D eigenvalue weighted by atomic mass is 9.87. The number of nitrogens with one attached hydrogen (secondary N) is 1. The predicted molar refractivity (Wildman–Crippen MR) is 80.9 cm³/mol. The Morgan fingerprint density at radius 1 is 1.25 bits per heavy atom. The number of rotatable bonds is 5. The Morgan fingerprint density at radius 3 is 2.55 bits per heavy atom. The predicted octanol–water partition coefficient (Wildman–Crippen LogP) is 2.04. The molecule has 0 bridgehead atoms. The molecule has 2 rings (SSSR count). The molecule has 1 fully saturated rings. The van der Waals surface area contributed by atoms with E-state index < -0.39 is 10.0 Å². The quantitative estimate of drug-likeness (QED) is 0.873. The SMILES string of the molecule is CC1CCCC(NCCc2ccc(S(N)(=O)=O)cc2)C1. The summed E-state index contributed by atoms with van der Waals surface area (Å²) in [6.07, 6.45) is 6.13. The van der Waals surface area contributed by atoms with Gasteiger partial charge in [0.05, 0.1) is 4.90 Å². The largest absolute Gasteiger partial charge is 0.314 e. The molecule has 0 aliphatic heterocycles. The van der Waals surface area contributed by atoms with E-state index in [1.807, 2.05) is 12.1 Å². The third-order valence-corrected chi connectivity index (χ3v) is 4.96. The molecule has 20 heavy (non-hydrogen) atoms. The van der Waals surface area contributed by atoms with Crippen LogP contribution in [0.1, 0.15) is 38.2 Å². The van der Waals surface area contributed by atoms with Gasteiger partial charge in [-0.1, -0.05) is 31.9 Å². The van der Waals surface area contributed by atoms with Crippen LogP contribution in [0.25, 0.3) is 0 Å². The van der Waals surface area contributed by atoms with Crippen molar-refractivity contribution in [2.45, 2.75) is 50.0 Å². The molecule has 1 aromatic rings. The molecule has 0 heterocycles. The molecule has 1 aliphatic carbocycles. The Labute approximate surface area is 121 Å². The van der Waals surface area contributed by atoms with Crippen molar-refractivity contribution in [3.8, 4) is 0 Å². The number of nitrogens with two attached hydrogens (primary N) is 1. The monoisotopic (exact) mass is 296 g/mol. The highest BCUT2D eigenvalue weighted by molar-refractivity contribution is 7.89. The molecule has 5 heteroatoms. The normalized spacial score (nSPS) is 23.7. The molecule has 0 spiro atoms. The van der Waals surface area contributed by atoms with Gasteiger partial charge in [0.25, 0.3) is 0 Å². The van der Waals surface area contributed by atoms with Gasteiger partial charge in [0.1, 0.15) is 0 Å². The average molecular weight is 296 g/mol. The number of hydrogen-bond donors (Lipinski definition) is 2. The van der Waals surface area contributed by atoms with E-state index in [2.05, 4.69) is 12.2 Å². The van der Waals surface area contributed by atoms with Crippen LogP contribution in [0, 0.1) is 5.92 Å².